The van der Waals surface area contributed by atoms with Crippen molar-refractivity contribution in [2.45, 2.75) is 84.0 Å². The first-order valence-corrected chi connectivity index (χ1v) is 12.8. The highest BCUT2D eigenvalue weighted by Crippen LogP contribution is 2.28. The van der Waals surface area contributed by atoms with Gasteiger partial charge in [0.2, 0.25) is 0 Å². The van der Waals surface area contributed by atoms with Gasteiger partial charge in [-0.3, -0.25) is 15.0 Å². The number of carbonyl (C=O) groups is 3. The Labute approximate surface area is 205 Å². The lowest BCUT2D eigenvalue weighted by atomic mass is 10.0. The predicted molar refractivity (Wildman–Crippen MR) is 133 cm³/mol. The summed E-state index contributed by atoms with van der Waals surface area (Å²) in [4.78, 5) is 40.1. The Morgan fingerprint density at radius 3 is 2.53 bits per heavy atom. The Balaban J connectivity index is 1.59. The number of hydrogen-bond acceptors (Lipinski definition) is 6. The van der Waals surface area contributed by atoms with Gasteiger partial charge in [0.05, 0.1) is 12.2 Å². The molecule has 2 aromatic rings. The molecule has 3 amide bonds. The minimum Gasteiger partial charge on any atom is -0.459 e. The SMILES string of the molecule is CCCCC[C@H](O)c1ccc(N2C(=O)NC(=O)[C@H]2CCCc2ccc(C(=O)OC(C)C)s2)cc1. The van der Waals surface area contributed by atoms with E-state index in [1.54, 1.807) is 18.2 Å². The van der Waals surface area contributed by atoms with Gasteiger partial charge in [0, 0.05) is 10.6 Å². The van der Waals surface area contributed by atoms with Gasteiger partial charge in [-0.2, -0.15) is 0 Å². The van der Waals surface area contributed by atoms with Crippen LogP contribution in [0.1, 0.15) is 85.5 Å². The quantitative estimate of drug-likeness (QED) is 0.239. The molecule has 8 heteroatoms. The van der Waals surface area contributed by atoms with Crippen molar-refractivity contribution in [2.24, 2.45) is 0 Å². The lowest BCUT2D eigenvalue weighted by Crippen LogP contribution is -2.35. The zero-order valence-corrected chi connectivity index (χ0v) is 20.9. The van der Waals surface area contributed by atoms with Crippen molar-refractivity contribution in [3.8, 4) is 0 Å². The number of hydrogen-bond donors (Lipinski definition) is 2. The zero-order valence-electron chi connectivity index (χ0n) is 20.1. The molecule has 0 aliphatic carbocycles. The van der Waals surface area contributed by atoms with Gasteiger partial charge in [-0.05, 0) is 69.4 Å². The number of amides is 3. The predicted octanol–water partition coefficient (Wildman–Crippen LogP) is 5.37. The summed E-state index contributed by atoms with van der Waals surface area (Å²) in [6, 6.07) is 9.87. The molecule has 2 N–H and O–H groups in total. The Bertz CT molecular complexity index is 985. The van der Waals surface area contributed by atoms with Crippen LogP contribution in [0.15, 0.2) is 36.4 Å². The summed E-state index contributed by atoms with van der Waals surface area (Å²) >= 11 is 1.40. The van der Waals surface area contributed by atoms with Crippen LogP contribution in [-0.4, -0.2) is 35.2 Å². The minimum atomic E-state index is -0.585. The number of thiophene rings is 1. The molecule has 0 unspecified atom stereocenters. The average Bonchev–Trinajstić information content (AvgIpc) is 3.38. The molecule has 1 aromatic heterocycles. The summed E-state index contributed by atoms with van der Waals surface area (Å²) < 4.78 is 5.23. The molecular weight excluding hydrogens is 452 g/mol. The van der Waals surface area contributed by atoms with Gasteiger partial charge in [-0.15, -0.1) is 11.3 Å². The molecule has 2 atom stereocenters. The Kier molecular flexibility index (Phi) is 9.24. The number of carbonyl (C=O) groups excluding carboxylic acids is 3. The molecule has 1 aliphatic rings. The first-order valence-electron chi connectivity index (χ1n) is 12.0. The molecule has 1 saturated heterocycles. The van der Waals surface area contributed by atoms with E-state index in [1.165, 1.54) is 16.2 Å². The second-order valence-electron chi connectivity index (χ2n) is 8.90. The number of aliphatic hydroxyl groups is 1. The Hall–Kier alpha value is -2.71. The third-order valence-corrected chi connectivity index (χ3v) is 6.93. The third-order valence-electron chi connectivity index (χ3n) is 5.81. The number of nitrogens with zero attached hydrogens (tertiary/aromatic N) is 1. The molecule has 1 aliphatic heterocycles. The lowest BCUT2D eigenvalue weighted by Gasteiger charge is -2.22. The third kappa shape index (κ3) is 6.67. The number of anilines is 1. The van der Waals surface area contributed by atoms with Crippen molar-refractivity contribution >= 4 is 34.9 Å². The van der Waals surface area contributed by atoms with Crippen LogP contribution < -0.4 is 10.2 Å². The number of aryl methyl sites for hydroxylation is 1. The van der Waals surface area contributed by atoms with Crippen LogP contribution in [0, 0.1) is 0 Å². The molecule has 1 aromatic carbocycles. The van der Waals surface area contributed by atoms with Crippen molar-refractivity contribution in [1.82, 2.24) is 5.32 Å². The number of unbranched alkanes of at least 4 members (excludes halogenated alkanes) is 2. The maximum Gasteiger partial charge on any atom is 0.348 e. The van der Waals surface area contributed by atoms with Crippen LogP contribution in [0.4, 0.5) is 10.5 Å². The lowest BCUT2D eigenvalue weighted by molar-refractivity contribution is -0.120. The molecule has 2 heterocycles. The smallest absolute Gasteiger partial charge is 0.348 e. The molecule has 0 radical (unpaired) electrons. The molecule has 3 rings (SSSR count). The van der Waals surface area contributed by atoms with Gasteiger partial charge in [-0.1, -0.05) is 38.3 Å². The van der Waals surface area contributed by atoms with Crippen LogP contribution in [0.5, 0.6) is 0 Å². The highest BCUT2D eigenvalue weighted by molar-refractivity contribution is 7.13. The fourth-order valence-corrected chi connectivity index (χ4v) is 4.97. The molecule has 7 nitrogen and oxygen atoms in total. The van der Waals surface area contributed by atoms with E-state index in [2.05, 4.69) is 12.2 Å². The van der Waals surface area contributed by atoms with Crippen LogP contribution in [0.2, 0.25) is 0 Å². The summed E-state index contributed by atoms with van der Waals surface area (Å²) in [5.74, 6) is -0.627. The number of rotatable bonds is 12. The summed E-state index contributed by atoms with van der Waals surface area (Å²) in [6.07, 6.45) is 5.06. The fourth-order valence-electron chi connectivity index (χ4n) is 4.04. The average molecular weight is 487 g/mol. The van der Waals surface area contributed by atoms with E-state index in [-0.39, 0.29) is 18.0 Å². The molecule has 0 saturated carbocycles. The van der Waals surface area contributed by atoms with Crippen LogP contribution >= 0.6 is 11.3 Å². The molecular formula is C26H34N2O5S. The van der Waals surface area contributed by atoms with E-state index in [0.29, 0.717) is 36.2 Å². The van der Waals surface area contributed by atoms with Crippen LogP contribution in [0.3, 0.4) is 0 Å². The van der Waals surface area contributed by atoms with Gasteiger partial charge < -0.3 is 9.84 Å². The number of nitrogens with one attached hydrogen (secondary N) is 1. The Morgan fingerprint density at radius 1 is 1.12 bits per heavy atom. The van der Waals surface area contributed by atoms with Crippen molar-refractivity contribution in [3.63, 3.8) is 0 Å². The highest BCUT2D eigenvalue weighted by Gasteiger charge is 2.38. The molecule has 0 bridgehead atoms. The number of benzene rings is 1. The maximum atomic E-state index is 12.5. The van der Waals surface area contributed by atoms with Crippen molar-refractivity contribution in [1.29, 1.82) is 0 Å². The topological polar surface area (TPSA) is 95.9 Å². The van der Waals surface area contributed by atoms with E-state index in [4.69, 9.17) is 4.74 Å². The van der Waals surface area contributed by atoms with Crippen molar-refractivity contribution < 1.29 is 24.2 Å². The van der Waals surface area contributed by atoms with Gasteiger partial charge in [0.25, 0.3) is 5.91 Å². The number of imide groups is 1. The summed E-state index contributed by atoms with van der Waals surface area (Å²) in [6.45, 7) is 5.76. The highest BCUT2D eigenvalue weighted by atomic mass is 32.1. The maximum absolute atomic E-state index is 12.5. The fraction of sp³-hybridized carbons (Fsp3) is 0.500. The summed E-state index contributed by atoms with van der Waals surface area (Å²) in [5, 5.41) is 12.8. The number of urea groups is 1. The van der Waals surface area contributed by atoms with E-state index in [9.17, 15) is 19.5 Å². The van der Waals surface area contributed by atoms with Crippen molar-refractivity contribution in [2.75, 3.05) is 4.90 Å². The van der Waals surface area contributed by atoms with E-state index in [0.717, 1.165) is 29.7 Å². The van der Waals surface area contributed by atoms with Gasteiger partial charge >= 0.3 is 12.0 Å². The largest absolute Gasteiger partial charge is 0.459 e. The first kappa shape index (κ1) is 25.9. The summed E-state index contributed by atoms with van der Waals surface area (Å²) in [5.41, 5.74) is 1.44. The van der Waals surface area contributed by atoms with Crippen LogP contribution in [-0.2, 0) is 16.0 Å². The molecule has 0 spiro atoms. The van der Waals surface area contributed by atoms with Gasteiger partial charge in [-0.25, -0.2) is 9.59 Å². The number of esters is 1. The van der Waals surface area contributed by atoms with E-state index < -0.39 is 18.2 Å². The molecule has 1 fully saturated rings. The standard InChI is InChI=1S/C26H34N2O5S/c1-4-5-6-10-22(29)18-11-13-19(14-12-18)28-21(24(30)27-26(28)32)9-7-8-20-15-16-23(34-20)25(31)33-17(2)3/h11-17,21-22,29H,4-10H2,1-3H3,(H,27,30,32)/t21-,22+/m1/s1. The van der Waals surface area contributed by atoms with E-state index >= 15 is 0 Å². The first-order chi connectivity index (χ1) is 16.3. The second kappa shape index (κ2) is 12.1. The molecule has 184 valence electrons. The Morgan fingerprint density at radius 2 is 1.85 bits per heavy atom. The number of ether oxygens (including phenoxy) is 1. The van der Waals surface area contributed by atoms with Gasteiger partial charge in [0.1, 0.15) is 10.9 Å². The summed E-state index contributed by atoms with van der Waals surface area (Å²) in [7, 11) is 0. The van der Waals surface area contributed by atoms with Gasteiger partial charge in [0.15, 0.2) is 0 Å². The monoisotopic (exact) mass is 486 g/mol. The minimum absolute atomic E-state index is 0.166. The number of aliphatic hydroxyl groups excluding tert-OH is 1. The van der Waals surface area contributed by atoms with E-state index in [1.807, 2.05) is 32.0 Å². The van der Waals surface area contributed by atoms with Crippen molar-refractivity contribution in [3.05, 3.63) is 51.7 Å². The van der Waals surface area contributed by atoms with Crippen LogP contribution in [0.25, 0.3) is 0 Å². The molecule has 34 heavy (non-hydrogen) atoms. The second-order valence-corrected chi connectivity index (χ2v) is 10.1. The zero-order chi connectivity index (χ0) is 24.7. The normalized spacial score (nSPS) is 16.7.